The third-order valence-electron chi connectivity index (χ3n) is 2.09. The number of alkyl halides is 1. The molecule has 0 amide bonds. The molecule has 2 nitrogen and oxygen atoms in total. The Hall–Kier alpha value is -0.0500. The second-order valence-corrected chi connectivity index (χ2v) is 4.82. The highest BCUT2D eigenvalue weighted by Gasteiger charge is 2.25. The van der Waals surface area contributed by atoms with Crippen molar-refractivity contribution in [3.63, 3.8) is 0 Å². The Kier molecular flexibility index (Phi) is 5.53. The Morgan fingerprint density at radius 1 is 1.79 bits per heavy atom. The van der Waals surface area contributed by atoms with Gasteiger partial charge in [-0.05, 0) is 12.8 Å². The van der Waals surface area contributed by atoms with E-state index in [9.17, 15) is 0 Å². The molecule has 0 aliphatic carbocycles. The largest absolute Gasteiger partial charge is 0.352 e. The van der Waals surface area contributed by atoms with Crippen LogP contribution in [0.4, 0.5) is 0 Å². The van der Waals surface area contributed by atoms with Gasteiger partial charge in [-0.25, -0.2) is 0 Å². The van der Waals surface area contributed by atoms with Crippen molar-refractivity contribution < 1.29 is 9.47 Å². The maximum atomic E-state index is 5.70. The van der Waals surface area contributed by atoms with E-state index in [0.29, 0.717) is 10.3 Å². The topological polar surface area (TPSA) is 18.5 Å². The summed E-state index contributed by atoms with van der Waals surface area (Å²) in [7, 11) is 0. The molecule has 0 aromatic rings. The monoisotopic (exact) mass is 306 g/mol. The van der Waals surface area contributed by atoms with E-state index >= 15 is 0 Å². The maximum Gasteiger partial charge on any atom is 0.170 e. The van der Waals surface area contributed by atoms with E-state index in [1.54, 1.807) is 6.08 Å². The molecule has 0 saturated carbocycles. The highest BCUT2D eigenvalue weighted by atomic mass is 127. The standard InChI is InChI=1S/C11H15IO2/c1-3-6-9(4-2)14-11-10(12)7-5-8-13-11/h1,4,9-11H,2,5-8H2/t9?,10-,11+/m1/s1. The van der Waals surface area contributed by atoms with Crippen LogP contribution in [0.25, 0.3) is 0 Å². The first kappa shape index (κ1) is 12.0. The van der Waals surface area contributed by atoms with Crippen LogP contribution >= 0.6 is 22.6 Å². The Labute approximate surface area is 99.2 Å². The van der Waals surface area contributed by atoms with Crippen molar-refractivity contribution in [1.29, 1.82) is 0 Å². The van der Waals surface area contributed by atoms with Gasteiger partial charge in [0.1, 0.15) is 0 Å². The predicted octanol–water partition coefficient (Wildman–Crippen LogP) is 2.52. The van der Waals surface area contributed by atoms with Crippen molar-refractivity contribution in [3.05, 3.63) is 12.7 Å². The molecule has 1 unspecified atom stereocenters. The Morgan fingerprint density at radius 3 is 3.14 bits per heavy atom. The van der Waals surface area contributed by atoms with E-state index in [4.69, 9.17) is 15.9 Å². The minimum atomic E-state index is -0.124. The van der Waals surface area contributed by atoms with Crippen LogP contribution in [0.1, 0.15) is 19.3 Å². The summed E-state index contributed by atoms with van der Waals surface area (Å²) in [5.41, 5.74) is 0. The van der Waals surface area contributed by atoms with E-state index in [2.05, 4.69) is 35.1 Å². The molecule has 1 saturated heterocycles. The zero-order valence-electron chi connectivity index (χ0n) is 8.12. The normalized spacial score (nSPS) is 29.1. The lowest BCUT2D eigenvalue weighted by Crippen LogP contribution is -2.35. The van der Waals surface area contributed by atoms with Crippen LogP contribution in [0.15, 0.2) is 12.7 Å². The van der Waals surface area contributed by atoms with E-state index in [0.717, 1.165) is 19.4 Å². The van der Waals surface area contributed by atoms with E-state index < -0.39 is 0 Å². The minimum absolute atomic E-state index is 0.0830. The first-order valence-corrected chi connectivity index (χ1v) is 5.99. The Morgan fingerprint density at radius 2 is 2.57 bits per heavy atom. The molecule has 0 aromatic heterocycles. The Balaban J connectivity index is 2.40. The van der Waals surface area contributed by atoms with Crippen molar-refractivity contribution in [2.45, 2.75) is 35.6 Å². The third-order valence-corrected chi connectivity index (χ3v) is 3.30. The van der Waals surface area contributed by atoms with Gasteiger partial charge in [-0.2, -0.15) is 0 Å². The number of terminal acetylenes is 1. The van der Waals surface area contributed by atoms with Gasteiger partial charge in [0.2, 0.25) is 0 Å². The average molecular weight is 306 g/mol. The molecule has 0 N–H and O–H groups in total. The van der Waals surface area contributed by atoms with Crippen LogP contribution in [-0.4, -0.2) is 22.9 Å². The van der Waals surface area contributed by atoms with Crippen LogP contribution in [0.2, 0.25) is 0 Å². The Bertz CT molecular complexity index is 222. The fraction of sp³-hybridized carbons (Fsp3) is 0.636. The molecule has 3 heteroatoms. The minimum Gasteiger partial charge on any atom is -0.352 e. The lowest BCUT2D eigenvalue weighted by Gasteiger charge is -2.29. The molecule has 1 heterocycles. The van der Waals surface area contributed by atoms with Gasteiger partial charge in [-0.3, -0.25) is 0 Å². The second-order valence-electron chi connectivity index (χ2n) is 3.22. The van der Waals surface area contributed by atoms with E-state index in [1.165, 1.54) is 0 Å². The van der Waals surface area contributed by atoms with E-state index in [-0.39, 0.29) is 12.4 Å². The molecule has 1 rings (SSSR count). The predicted molar refractivity (Wildman–Crippen MR) is 65.3 cm³/mol. The second kappa shape index (κ2) is 6.44. The van der Waals surface area contributed by atoms with Crippen molar-refractivity contribution >= 4 is 22.6 Å². The quantitative estimate of drug-likeness (QED) is 0.344. The summed E-state index contributed by atoms with van der Waals surface area (Å²) in [6.07, 6.45) is 9.57. The number of hydrogen-bond acceptors (Lipinski definition) is 2. The van der Waals surface area contributed by atoms with Gasteiger partial charge in [0, 0.05) is 13.0 Å². The van der Waals surface area contributed by atoms with Crippen LogP contribution in [0.5, 0.6) is 0 Å². The average Bonchev–Trinajstić information content (AvgIpc) is 2.20. The first-order valence-electron chi connectivity index (χ1n) is 4.75. The van der Waals surface area contributed by atoms with Crippen LogP contribution in [-0.2, 0) is 9.47 Å². The molecule has 0 spiro atoms. The van der Waals surface area contributed by atoms with Crippen molar-refractivity contribution in [3.8, 4) is 12.3 Å². The number of hydrogen-bond donors (Lipinski definition) is 0. The van der Waals surface area contributed by atoms with Gasteiger partial charge in [0.05, 0.1) is 10.0 Å². The fourth-order valence-electron chi connectivity index (χ4n) is 1.32. The smallest absolute Gasteiger partial charge is 0.170 e. The van der Waals surface area contributed by atoms with Crippen molar-refractivity contribution in [2.24, 2.45) is 0 Å². The highest BCUT2D eigenvalue weighted by molar-refractivity contribution is 14.1. The SMILES string of the molecule is C#CCC(C=C)O[C@@H]1OCCC[C@H]1I. The van der Waals surface area contributed by atoms with Gasteiger partial charge >= 0.3 is 0 Å². The molecule has 3 atom stereocenters. The van der Waals surface area contributed by atoms with Crippen LogP contribution in [0, 0.1) is 12.3 Å². The summed E-state index contributed by atoms with van der Waals surface area (Å²) >= 11 is 2.36. The zero-order chi connectivity index (χ0) is 10.4. The lowest BCUT2D eigenvalue weighted by molar-refractivity contribution is -0.170. The van der Waals surface area contributed by atoms with Gasteiger partial charge in [0.25, 0.3) is 0 Å². The summed E-state index contributed by atoms with van der Waals surface area (Å²) < 4.78 is 11.6. The van der Waals surface area contributed by atoms with Gasteiger partial charge in [-0.1, -0.05) is 28.7 Å². The fourth-order valence-corrected chi connectivity index (χ4v) is 2.14. The van der Waals surface area contributed by atoms with Crippen LogP contribution < -0.4 is 0 Å². The molecule has 1 fully saturated rings. The molecule has 1 aliphatic rings. The van der Waals surface area contributed by atoms with Gasteiger partial charge in [0.15, 0.2) is 6.29 Å². The molecule has 0 radical (unpaired) electrons. The van der Waals surface area contributed by atoms with Crippen LogP contribution in [0.3, 0.4) is 0 Å². The number of ether oxygens (including phenoxy) is 2. The molecule has 0 bridgehead atoms. The summed E-state index contributed by atoms with van der Waals surface area (Å²) in [6.45, 7) is 4.47. The molecule has 1 aliphatic heterocycles. The highest BCUT2D eigenvalue weighted by Crippen LogP contribution is 2.24. The van der Waals surface area contributed by atoms with Gasteiger partial charge in [-0.15, -0.1) is 18.9 Å². The first-order chi connectivity index (χ1) is 6.77. The van der Waals surface area contributed by atoms with Crippen molar-refractivity contribution in [2.75, 3.05) is 6.61 Å². The lowest BCUT2D eigenvalue weighted by atomic mass is 10.2. The third kappa shape index (κ3) is 3.60. The molecule has 0 aromatic carbocycles. The summed E-state index contributed by atoms with van der Waals surface area (Å²) in [4.78, 5) is 0. The van der Waals surface area contributed by atoms with Crippen molar-refractivity contribution in [1.82, 2.24) is 0 Å². The molecule has 78 valence electrons. The molecule has 14 heavy (non-hydrogen) atoms. The van der Waals surface area contributed by atoms with E-state index in [1.807, 2.05) is 0 Å². The maximum absolute atomic E-state index is 5.70. The molecular formula is C11H15IO2. The summed E-state index contributed by atoms with van der Waals surface area (Å²) in [5.74, 6) is 2.57. The molecular weight excluding hydrogens is 291 g/mol. The zero-order valence-corrected chi connectivity index (χ0v) is 10.3. The summed E-state index contributed by atoms with van der Waals surface area (Å²) in [5, 5.41) is 0. The summed E-state index contributed by atoms with van der Waals surface area (Å²) in [6, 6.07) is 0. The number of rotatable bonds is 4. The van der Waals surface area contributed by atoms with Gasteiger partial charge < -0.3 is 9.47 Å². The number of halogens is 1.